The largest absolute Gasteiger partial charge is 0.502 e. The third-order valence-electron chi connectivity index (χ3n) is 3.71. The third-order valence-corrected chi connectivity index (χ3v) is 4.93. The van der Waals surface area contributed by atoms with Gasteiger partial charge in [-0.15, -0.1) is 0 Å². The van der Waals surface area contributed by atoms with Crippen LogP contribution in [-0.4, -0.2) is 25.7 Å². The van der Waals surface area contributed by atoms with Crippen molar-refractivity contribution in [3.63, 3.8) is 0 Å². The zero-order valence-corrected chi connectivity index (χ0v) is 13.2. The molecule has 0 saturated heterocycles. The lowest BCUT2D eigenvalue weighted by Gasteiger charge is -2.26. The van der Waals surface area contributed by atoms with Gasteiger partial charge in [0.2, 0.25) is 0 Å². The molecule has 5 nitrogen and oxygen atoms in total. The fourth-order valence-corrected chi connectivity index (χ4v) is 3.84. The lowest BCUT2D eigenvalue weighted by molar-refractivity contribution is -0.117. The summed E-state index contributed by atoms with van der Waals surface area (Å²) < 4.78 is 24.3. The minimum Gasteiger partial charge on any atom is -0.502 e. The molecule has 1 aliphatic heterocycles. The molecule has 118 valence electrons. The maximum absolute atomic E-state index is 12.5. The zero-order valence-electron chi connectivity index (χ0n) is 12.4. The van der Waals surface area contributed by atoms with Crippen molar-refractivity contribution in [2.75, 3.05) is 11.2 Å². The number of nitrogens with zero attached hydrogens (tertiary/aromatic N) is 1. The second-order valence-corrected chi connectivity index (χ2v) is 7.29. The minimum atomic E-state index is -3.76. The van der Waals surface area contributed by atoms with E-state index in [1.165, 1.54) is 4.90 Å². The molecule has 0 aliphatic carbocycles. The molecule has 1 heterocycles. The van der Waals surface area contributed by atoms with Gasteiger partial charge in [-0.05, 0) is 17.7 Å². The number of anilines is 1. The SMILES string of the molecule is CS(=O)(=O)C1=C(O)C(=O)N(c2ccccc2)[C@H]1c1ccccc1. The molecule has 0 bridgehead atoms. The van der Waals surface area contributed by atoms with Crippen molar-refractivity contribution in [3.05, 3.63) is 76.9 Å². The first kappa shape index (κ1) is 15.3. The van der Waals surface area contributed by atoms with Gasteiger partial charge in [-0.3, -0.25) is 9.69 Å². The van der Waals surface area contributed by atoms with E-state index in [0.717, 1.165) is 6.26 Å². The molecule has 3 rings (SSSR count). The van der Waals surface area contributed by atoms with Crippen LogP contribution < -0.4 is 4.90 Å². The summed E-state index contributed by atoms with van der Waals surface area (Å²) in [5.74, 6) is -1.43. The summed E-state index contributed by atoms with van der Waals surface area (Å²) in [6.07, 6.45) is 0.996. The highest BCUT2D eigenvalue weighted by Gasteiger charge is 2.45. The van der Waals surface area contributed by atoms with Crippen molar-refractivity contribution in [3.8, 4) is 0 Å². The van der Waals surface area contributed by atoms with Gasteiger partial charge >= 0.3 is 0 Å². The van der Waals surface area contributed by atoms with Crippen LogP contribution in [-0.2, 0) is 14.6 Å². The quantitative estimate of drug-likeness (QED) is 0.939. The van der Waals surface area contributed by atoms with Gasteiger partial charge in [-0.1, -0.05) is 48.5 Å². The second kappa shape index (κ2) is 5.55. The number of aliphatic hydroxyl groups is 1. The van der Waals surface area contributed by atoms with Gasteiger partial charge in [0.1, 0.15) is 10.9 Å². The standard InChI is InChI=1S/C17H15NO4S/c1-23(21,22)16-14(12-8-4-2-5-9-12)18(17(20)15(16)19)13-10-6-3-7-11-13/h2-11,14,19H,1H3/t14-/m0/s1. The van der Waals surface area contributed by atoms with Crippen LogP contribution in [0.3, 0.4) is 0 Å². The first-order valence-electron chi connectivity index (χ1n) is 6.98. The van der Waals surface area contributed by atoms with Crippen LogP contribution in [0.15, 0.2) is 71.3 Å². The number of carbonyl (C=O) groups excluding carboxylic acids is 1. The Morgan fingerprint density at radius 1 is 0.957 bits per heavy atom. The predicted molar refractivity (Wildman–Crippen MR) is 87.6 cm³/mol. The monoisotopic (exact) mass is 329 g/mol. The molecule has 0 spiro atoms. The molecule has 0 aromatic heterocycles. The number of amides is 1. The Labute approximate surface area is 134 Å². The Morgan fingerprint density at radius 2 is 1.48 bits per heavy atom. The molecule has 1 N–H and O–H groups in total. The lowest BCUT2D eigenvalue weighted by Crippen LogP contribution is -2.30. The first-order chi connectivity index (χ1) is 10.9. The summed E-state index contributed by atoms with van der Waals surface area (Å²) in [4.78, 5) is 13.5. The number of hydrogen-bond donors (Lipinski definition) is 1. The van der Waals surface area contributed by atoms with E-state index in [2.05, 4.69) is 0 Å². The van der Waals surface area contributed by atoms with Crippen LogP contribution in [0.4, 0.5) is 5.69 Å². The molecule has 0 radical (unpaired) electrons. The number of rotatable bonds is 3. The summed E-state index contributed by atoms with van der Waals surface area (Å²) >= 11 is 0. The van der Waals surface area contributed by atoms with Crippen LogP contribution in [0.1, 0.15) is 11.6 Å². The third kappa shape index (κ3) is 2.61. The average Bonchev–Trinajstić information content (AvgIpc) is 2.81. The molecule has 2 aromatic rings. The Hall–Kier alpha value is -2.60. The highest BCUT2D eigenvalue weighted by Crippen LogP contribution is 2.42. The van der Waals surface area contributed by atoms with E-state index in [4.69, 9.17) is 0 Å². The van der Waals surface area contributed by atoms with Crippen LogP contribution in [0.5, 0.6) is 0 Å². The van der Waals surface area contributed by atoms with E-state index in [1.54, 1.807) is 60.7 Å². The Balaban J connectivity index is 2.24. The smallest absolute Gasteiger partial charge is 0.295 e. The molecule has 0 fully saturated rings. The minimum absolute atomic E-state index is 0.266. The highest BCUT2D eigenvalue weighted by atomic mass is 32.2. The summed E-state index contributed by atoms with van der Waals surface area (Å²) in [5.41, 5.74) is 1.14. The van der Waals surface area contributed by atoms with Crippen LogP contribution in [0, 0.1) is 0 Å². The van der Waals surface area contributed by atoms with Crippen LogP contribution >= 0.6 is 0 Å². The second-order valence-electron chi connectivity index (χ2n) is 5.31. The molecule has 6 heteroatoms. The molecule has 2 aromatic carbocycles. The topological polar surface area (TPSA) is 74.7 Å². The fourth-order valence-electron chi connectivity index (χ4n) is 2.75. The summed E-state index contributed by atoms with van der Waals surface area (Å²) in [7, 11) is -3.76. The number of hydrogen-bond acceptors (Lipinski definition) is 4. The predicted octanol–water partition coefficient (Wildman–Crippen LogP) is 2.59. The maximum Gasteiger partial charge on any atom is 0.295 e. The molecule has 1 amide bonds. The van der Waals surface area contributed by atoms with Crippen molar-refractivity contribution >= 4 is 21.4 Å². The summed E-state index contributed by atoms with van der Waals surface area (Å²) in [5, 5.41) is 10.2. The van der Waals surface area contributed by atoms with Gasteiger partial charge < -0.3 is 5.11 Å². The van der Waals surface area contributed by atoms with Gasteiger partial charge in [-0.2, -0.15) is 0 Å². The lowest BCUT2D eigenvalue weighted by atomic mass is 10.1. The van der Waals surface area contributed by atoms with Crippen molar-refractivity contribution in [1.29, 1.82) is 0 Å². The number of benzene rings is 2. The van der Waals surface area contributed by atoms with E-state index in [9.17, 15) is 18.3 Å². The van der Waals surface area contributed by atoms with Gasteiger partial charge in [0.15, 0.2) is 15.6 Å². The first-order valence-corrected chi connectivity index (χ1v) is 8.87. The molecular weight excluding hydrogens is 314 g/mol. The van der Waals surface area contributed by atoms with E-state index < -0.39 is 27.5 Å². The van der Waals surface area contributed by atoms with Crippen LogP contribution in [0.2, 0.25) is 0 Å². The van der Waals surface area contributed by atoms with E-state index in [-0.39, 0.29) is 4.91 Å². The summed E-state index contributed by atoms with van der Waals surface area (Å²) in [6, 6.07) is 16.6. The summed E-state index contributed by atoms with van der Waals surface area (Å²) in [6.45, 7) is 0. The Bertz CT molecular complexity index is 873. The fraction of sp³-hybridized carbons (Fsp3) is 0.118. The van der Waals surface area contributed by atoms with E-state index in [0.29, 0.717) is 11.3 Å². The van der Waals surface area contributed by atoms with Gasteiger partial charge in [0.05, 0.1) is 0 Å². The van der Waals surface area contributed by atoms with Gasteiger partial charge in [-0.25, -0.2) is 8.42 Å². The van der Waals surface area contributed by atoms with Crippen molar-refractivity contribution < 1.29 is 18.3 Å². The zero-order chi connectivity index (χ0) is 16.6. The molecule has 0 saturated carbocycles. The maximum atomic E-state index is 12.5. The molecule has 0 unspecified atom stereocenters. The Kier molecular flexibility index (Phi) is 3.69. The van der Waals surface area contributed by atoms with Crippen LogP contribution in [0.25, 0.3) is 0 Å². The number of aliphatic hydroxyl groups excluding tert-OH is 1. The van der Waals surface area contributed by atoms with E-state index >= 15 is 0 Å². The van der Waals surface area contributed by atoms with Gasteiger partial charge in [0, 0.05) is 11.9 Å². The van der Waals surface area contributed by atoms with E-state index in [1.807, 2.05) is 0 Å². The molecule has 1 atom stereocenters. The number of carbonyl (C=O) groups is 1. The van der Waals surface area contributed by atoms with Crippen molar-refractivity contribution in [1.82, 2.24) is 0 Å². The molecule has 1 aliphatic rings. The molecule has 23 heavy (non-hydrogen) atoms. The number of para-hydroxylation sites is 1. The Morgan fingerprint density at radius 3 is 2.00 bits per heavy atom. The molecular formula is C17H15NO4S. The number of sulfone groups is 1. The van der Waals surface area contributed by atoms with Gasteiger partial charge in [0.25, 0.3) is 5.91 Å². The highest BCUT2D eigenvalue weighted by molar-refractivity contribution is 7.94. The van der Waals surface area contributed by atoms with Crippen molar-refractivity contribution in [2.24, 2.45) is 0 Å². The van der Waals surface area contributed by atoms with Crippen molar-refractivity contribution in [2.45, 2.75) is 6.04 Å². The normalized spacial score (nSPS) is 18.6. The average molecular weight is 329 g/mol.